The zero-order valence-electron chi connectivity index (χ0n) is 11.1. The molecule has 0 radical (unpaired) electrons. The number of nitrogens with zero attached hydrogens (tertiary/aromatic N) is 1. The molecule has 1 aromatic carbocycles. The summed E-state index contributed by atoms with van der Waals surface area (Å²) in [7, 11) is 0. The maximum atomic E-state index is 12.0. The average molecular weight is 266 g/mol. The van der Waals surface area contributed by atoms with Crippen molar-refractivity contribution in [2.24, 2.45) is 0 Å². The van der Waals surface area contributed by atoms with Gasteiger partial charge in [-0.3, -0.25) is 9.78 Å². The van der Waals surface area contributed by atoms with E-state index in [9.17, 15) is 4.79 Å². The van der Waals surface area contributed by atoms with Gasteiger partial charge in [0.25, 0.3) is 0 Å². The third-order valence-corrected chi connectivity index (χ3v) is 3.12. The fourth-order valence-electron chi connectivity index (χ4n) is 2.15. The van der Waals surface area contributed by atoms with E-state index in [1.165, 1.54) is 0 Å². The minimum Gasteiger partial charge on any atom is -0.464 e. The molecule has 0 aliphatic carbocycles. The molecule has 1 N–H and O–H groups in total. The standard InChI is InChI=1S/C16H14N2O2/c1-11-2-3-15-14(8-11)12(10-20-15)9-16(19)18-13-4-6-17-7-5-13/h2-8,10H,9H2,1H3,(H,17,18,19). The second kappa shape index (κ2) is 5.17. The molecular formula is C16H14N2O2. The van der Waals surface area contributed by atoms with Gasteiger partial charge in [-0.15, -0.1) is 0 Å². The molecule has 4 heteroatoms. The predicted octanol–water partition coefficient (Wildman–Crippen LogP) is 3.32. The molecule has 0 unspecified atom stereocenters. The van der Waals surface area contributed by atoms with Crippen LogP contribution >= 0.6 is 0 Å². The van der Waals surface area contributed by atoms with Gasteiger partial charge in [-0.25, -0.2) is 0 Å². The van der Waals surface area contributed by atoms with Crippen molar-refractivity contribution in [1.82, 2.24) is 4.98 Å². The van der Waals surface area contributed by atoms with Crippen molar-refractivity contribution < 1.29 is 9.21 Å². The second-order valence-electron chi connectivity index (χ2n) is 4.72. The van der Waals surface area contributed by atoms with Gasteiger partial charge in [0.05, 0.1) is 12.7 Å². The van der Waals surface area contributed by atoms with Gasteiger partial charge in [-0.05, 0) is 31.2 Å². The molecular weight excluding hydrogens is 252 g/mol. The highest BCUT2D eigenvalue weighted by Crippen LogP contribution is 2.23. The largest absolute Gasteiger partial charge is 0.464 e. The number of carbonyl (C=O) groups excluding carboxylic acids is 1. The highest BCUT2D eigenvalue weighted by molar-refractivity contribution is 5.95. The number of amides is 1. The first-order valence-electron chi connectivity index (χ1n) is 6.39. The zero-order chi connectivity index (χ0) is 13.9. The topological polar surface area (TPSA) is 55.1 Å². The Morgan fingerprint density at radius 2 is 2.05 bits per heavy atom. The van der Waals surface area contributed by atoms with Crippen molar-refractivity contribution in [3.8, 4) is 0 Å². The number of furan rings is 1. The number of hydrogen-bond acceptors (Lipinski definition) is 3. The van der Waals surface area contributed by atoms with Crippen LogP contribution in [0.5, 0.6) is 0 Å². The molecule has 0 atom stereocenters. The van der Waals surface area contributed by atoms with Crippen LogP contribution in [0, 0.1) is 6.92 Å². The molecule has 0 bridgehead atoms. The number of benzene rings is 1. The summed E-state index contributed by atoms with van der Waals surface area (Å²) in [5.74, 6) is -0.0691. The number of aryl methyl sites for hydroxylation is 1. The molecule has 0 aliphatic rings. The Morgan fingerprint density at radius 1 is 1.25 bits per heavy atom. The van der Waals surface area contributed by atoms with Crippen molar-refractivity contribution in [3.05, 3.63) is 60.1 Å². The minimum atomic E-state index is -0.0691. The van der Waals surface area contributed by atoms with Gasteiger partial charge in [-0.1, -0.05) is 11.6 Å². The summed E-state index contributed by atoms with van der Waals surface area (Å²) >= 11 is 0. The van der Waals surface area contributed by atoms with E-state index in [1.807, 2.05) is 25.1 Å². The van der Waals surface area contributed by atoms with E-state index in [1.54, 1.807) is 30.8 Å². The van der Waals surface area contributed by atoms with E-state index in [4.69, 9.17) is 4.42 Å². The summed E-state index contributed by atoms with van der Waals surface area (Å²) in [6, 6.07) is 9.47. The molecule has 2 aromatic heterocycles. The summed E-state index contributed by atoms with van der Waals surface area (Å²) in [4.78, 5) is 15.9. The quantitative estimate of drug-likeness (QED) is 0.791. The number of fused-ring (bicyclic) bond motifs is 1. The van der Waals surface area contributed by atoms with Crippen LogP contribution in [0.2, 0.25) is 0 Å². The fourth-order valence-corrected chi connectivity index (χ4v) is 2.15. The van der Waals surface area contributed by atoms with Gasteiger partial charge >= 0.3 is 0 Å². The Bertz CT molecular complexity index is 748. The van der Waals surface area contributed by atoms with Crippen LogP contribution in [0.25, 0.3) is 11.0 Å². The van der Waals surface area contributed by atoms with Gasteiger partial charge in [-0.2, -0.15) is 0 Å². The molecule has 0 spiro atoms. The third kappa shape index (κ3) is 2.54. The number of carbonyl (C=O) groups is 1. The fraction of sp³-hybridized carbons (Fsp3) is 0.125. The Kier molecular flexibility index (Phi) is 3.21. The van der Waals surface area contributed by atoms with E-state index in [0.29, 0.717) is 6.42 Å². The first-order valence-corrected chi connectivity index (χ1v) is 6.39. The first-order chi connectivity index (χ1) is 9.72. The summed E-state index contributed by atoms with van der Waals surface area (Å²) in [6.45, 7) is 2.02. The Labute approximate surface area is 116 Å². The van der Waals surface area contributed by atoms with Crippen molar-refractivity contribution in [3.63, 3.8) is 0 Å². The Morgan fingerprint density at radius 3 is 2.85 bits per heavy atom. The van der Waals surface area contributed by atoms with Gasteiger partial charge in [0.15, 0.2) is 0 Å². The highest BCUT2D eigenvalue weighted by atomic mass is 16.3. The van der Waals surface area contributed by atoms with E-state index in [0.717, 1.165) is 27.8 Å². The van der Waals surface area contributed by atoms with Crippen LogP contribution < -0.4 is 5.32 Å². The minimum absolute atomic E-state index is 0.0691. The lowest BCUT2D eigenvalue weighted by Gasteiger charge is -2.03. The van der Waals surface area contributed by atoms with Crippen molar-refractivity contribution in [2.45, 2.75) is 13.3 Å². The molecule has 0 aliphatic heterocycles. The summed E-state index contributed by atoms with van der Waals surface area (Å²) in [5.41, 5.74) is 3.60. The van der Waals surface area contributed by atoms with Crippen LogP contribution in [0.1, 0.15) is 11.1 Å². The third-order valence-electron chi connectivity index (χ3n) is 3.12. The lowest BCUT2D eigenvalue weighted by Crippen LogP contribution is -2.14. The number of rotatable bonds is 3. The van der Waals surface area contributed by atoms with Crippen LogP contribution in [-0.4, -0.2) is 10.9 Å². The van der Waals surface area contributed by atoms with Crippen molar-refractivity contribution in [1.29, 1.82) is 0 Å². The monoisotopic (exact) mass is 266 g/mol. The smallest absolute Gasteiger partial charge is 0.228 e. The number of nitrogens with one attached hydrogen (secondary N) is 1. The second-order valence-corrected chi connectivity index (χ2v) is 4.72. The lowest BCUT2D eigenvalue weighted by molar-refractivity contribution is -0.115. The number of hydrogen-bond donors (Lipinski definition) is 1. The van der Waals surface area contributed by atoms with E-state index in [-0.39, 0.29) is 5.91 Å². The van der Waals surface area contributed by atoms with Crippen LogP contribution in [-0.2, 0) is 11.2 Å². The molecule has 3 rings (SSSR count). The predicted molar refractivity (Wildman–Crippen MR) is 77.5 cm³/mol. The van der Waals surface area contributed by atoms with E-state index in [2.05, 4.69) is 10.3 Å². The molecule has 2 heterocycles. The van der Waals surface area contributed by atoms with Gasteiger partial charge in [0.2, 0.25) is 5.91 Å². The summed E-state index contributed by atoms with van der Waals surface area (Å²) in [6.07, 6.45) is 5.23. The van der Waals surface area contributed by atoms with Gasteiger partial charge in [0, 0.05) is 29.0 Å². The van der Waals surface area contributed by atoms with Gasteiger partial charge in [0.1, 0.15) is 5.58 Å². The Balaban J connectivity index is 1.79. The van der Waals surface area contributed by atoms with Crippen molar-refractivity contribution >= 4 is 22.6 Å². The summed E-state index contributed by atoms with van der Waals surface area (Å²) in [5, 5.41) is 3.83. The molecule has 100 valence electrons. The SMILES string of the molecule is Cc1ccc2occ(CC(=O)Nc3ccncc3)c2c1. The number of pyridine rings is 1. The summed E-state index contributed by atoms with van der Waals surface area (Å²) < 4.78 is 5.47. The van der Waals surface area contributed by atoms with Crippen LogP contribution in [0.3, 0.4) is 0 Å². The molecule has 3 aromatic rings. The van der Waals surface area contributed by atoms with Gasteiger partial charge < -0.3 is 9.73 Å². The molecule has 0 saturated carbocycles. The zero-order valence-corrected chi connectivity index (χ0v) is 11.1. The maximum absolute atomic E-state index is 12.0. The lowest BCUT2D eigenvalue weighted by atomic mass is 10.1. The molecule has 4 nitrogen and oxygen atoms in total. The molecule has 1 amide bonds. The Hall–Kier alpha value is -2.62. The van der Waals surface area contributed by atoms with E-state index >= 15 is 0 Å². The van der Waals surface area contributed by atoms with Crippen LogP contribution in [0.4, 0.5) is 5.69 Å². The molecule has 0 fully saturated rings. The van der Waals surface area contributed by atoms with E-state index < -0.39 is 0 Å². The average Bonchev–Trinajstić information content (AvgIpc) is 2.82. The number of anilines is 1. The first kappa shape index (κ1) is 12.4. The highest BCUT2D eigenvalue weighted by Gasteiger charge is 2.10. The van der Waals surface area contributed by atoms with Crippen molar-refractivity contribution in [2.75, 3.05) is 5.32 Å². The molecule has 0 saturated heterocycles. The number of aromatic nitrogens is 1. The maximum Gasteiger partial charge on any atom is 0.228 e. The molecule has 20 heavy (non-hydrogen) atoms. The van der Waals surface area contributed by atoms with Crippen LogP contribution in [0.15, 0.2) is 53.4 Å². The normalized spacial score (nSPS) is 10.7.